The van der Waals surface area contributed by atoms with Crippen molar-refractivity contribution in [1.29, 1.82) is 0 Å². The van der Waals surface area contributed by atoms with Crippen molar-refractivity contribution in [1.82, 2.24) is 5.32 Å². The van der Waals surface area contributed by atoms with E-state index in [1.807, 2.05) is 7.05 Å². The fourth-order valence-electron chi connectivity index (χ4n) is 2.50. The van der Waals surface area contributed by atoms with Crippen LogP contribution in [0.25, 0.3) is 0 Å². The van der Waals surface area contributed by atoms with Crippen molar-refractivity contribution in [3.8, 4) is 0 Å². The van der Waals surface area contributed by atoms with Crippen LogP contribution < -0.4 is 5.32 Å². The summed E-state index contributed by atoms with van der Waals surface area (Å²) in [7, 11) is 1.83. The largest absolute Gasteiger partial charge is 0.313 e. The molecule has 0 saturated heterocycles. The molecule has 0 spiro atoms. The summed E-state index contributed by atoms with van der Waals surface area (Å²) in [6, 6.07) is 3.81. The van der Waals surface area contributed by atoms with E-state index in [1.165, 1.54) is 25.3 Å². The highest BCUT2D eigenvalue weighted by molar-refractivity contribution is 5.22. The Balaban J connectivity index is 2.76. The molecular weight excluding hydrogens is 244 g/mol. The van der Waals surface area contributed by atoms with Crippen LogP contribution in [0.3, 0.4) is 0 Å². The van der Waals surface area contributed by atoms with Gasteiger partial charge in [0.25, 0.3) is 0 Å². The summed E-state index contributed by atoms with van der Waals surface area (Å²) < 4.78 is 26.8. The van der Waals surface area contributed by atoms with Crippen LogP contribution in [-0.4, -0.2) is 7.05 Å². The van der Waals surface area contributed by atoms with Gasteiger partial charge in [0.15, 0.2) is 0 Å². The number of nitrogens with one attached hydrogen (secondary N) is 1. The first-order chi connectivity index (χ1) is 9.12. The predicted molar refractivity (Wildman–Crippen MR) is 76.1 cm³/mol. The molecule has 2 unspecified atom stereocenters. The van der Waals surface area contributed by atoms with Crippen LogP contribution in [0.1, 0.15) is 57.6 Å². The lowest BCUT2D eigenvalue weighted by Crippen LogP contribution is -2.21. The van der Waals surface area contributed by atoms with E-state index >= 15 is 0 Å². The van der Waals surface area contributed by atoms with Gasteiger partial charge in [0.2, 0.25) is 0 Å². The Morgan fingerprint density at radius 3 is 2.47 bits per heavy atom. The molecule has 1 nitrogen and oxygen atoms in total. The molecule has 0 aliphatic carbocycles. The first-order valence-electron chi connectivity index (χ1n) is 7.24. The third-order valence-electron chi connectivity index (χ3n) is 3.80. The monoisotopic (exact) mass is 269 g/mol. The van der Waals surface area contributed by atoms with Crippen molar-refractivity contribution in [2.75, 3.05) is 7.05 Å². The Kier molecular flexibility index (Phi) is 7.00. The summed E-state index contributed by atoms with van der Waals surface area (Å²) in [5.41, 5.74) is 0.568. The summed E-state index contributed by atoms with van der Waals surface area (Å²) in [5, 5.41) is 3.16. The molecule has 1 aromatic carbocycles. The number of halogens is 2. The van der Waals surface area contributed by atoms with Crippen LogP contribution in [0.5, 0.6) is 0 Å². The molecule has 2 atom stereocenters. The van der Waals surface area contributed by atoms with Gasteiger partial charge < -0.3 is 5.32 Å². The van der Waals surface area contributed by atoms with Gasteiger partial charge >= 0.3 is 0 Å². The van der Waals surface area contributed by atoms with E-state index in [1.54, 1.807) is 6.07 Å². The lowest BCUT2D eigenvalue weighted by atomic mass is 9.89. The summed E-state index contributed by atoms with van der Waals surface area (Å²) >= 11 is 0. The second-order valence-electron chi connectivity index (χ2n) is 5.16. The lowest BCUT2D eigenvalue weighted by Gasteiger charge is -2.23. The van der Waals surface area contributed by atoms with Gasteiger partial charge in [-0.2, -0.15) is 0 Å². The first kappa shape index (κ1) is 16.1. The molecule has 1 rings (SSSR count). The zero-order valence-corrected chi connectivity index (χ0v) is 12.2. The van der Waals surface area contributed by atoms with Crippen LogP contribution in [0.2, 0.25) is 0 Å². The maximum absolute atomic E-state index is 13.8. The van der Waals surface area contributed by atoms with E-state index in [4.69, 9.17) is 0 Å². The van der Waals surface area contributed by atoms with Gasteiger partial charge in [0, 0.05) is 17.7 Å². The third-order valence-corrected chi connectivity index (χ3v) is 3.80. The molecule has 0 fully saturated rings. The smallest absolute Gasteiger partial charge is 0.130 e. The zero-order valence-electron chi connectivity index (χ0n) is 12.2. The molecule has 0 aromatic heterocycles. The van der Waals surface area contributed by atoms with E-state index in [-0.39, 0.29) is 6.04 Å². The Bertz CT molecular complexity index is 379. The van der Waals surface area contributed by atoms with Crippen LogP contribution in [-0.2, 0) is 0 Å². The van der Waals surface area contributed by atoms with Crippen LogP contribution in [0.4, 0.5) is 8.78 Å². The van der Waals surface area contributed by atoms with Gasteiger partial charge in [0.1, 0.15) is 11.6 Å². The van der Waals surface area contributed by atoms with E-state index in [2.05, 4.69) is 19.2 Å². The first-order valence-corrected chi connectivity index (χ1v) is 7.24. The molecule has 0 aliphatic heterocycles. The summed E-state index contributed by atoms with van der Waals surface area (Å²) in [6.45, 7) is 4.36. The van der Waals surface area contributed by atoms with Gasteiger partial charge in [-0.05, 0) is 25.5 Å². The van der Waals surface area contributed by atoms with Crippen molar-refractivity contribution >= 4 is 0 Å². The molecule has 3 heteroatoms. The maximum atomic E-state index is 13.8. The number of hydrogen-bond acceptors (Lipinski definition) is 1. The molecule has 19 heavy (non-hydrogen) atoms. The van der Waals surface area contributed by atoms with Crippen molar-refractivity contribution in [2.45, 2.75) is 52.0 Å². The van der Waals surface area contributed by atoms with E-state index in [9.17, 15) is 8.78 Å². The predicted octanol–water partition coefficient (Wildman–Crippen LogP) is 4.83. The number of hydrogen-bond donors (Lipinski definition) is 1. The normalized spacial score (nSPS) is 14.4. The average molecular weight is 269 g/mol. The topological polar surface area (TPSA) is 12.0 Å². The van der Waals surface area contributed by atoms with Crippen LogP contribution >= 0.6 is 0 Å². The van der Waals surface area contributed by atoms with E-state index in [0.29, 0.717) is 11.5 Å². The molecule has 1 aromatic rings. The van der Waals surface area contributed by atoms with Gasteiger partial charge in [-0.25, -0.2) is 8.78 Å². The maximum Gasteiger partial charge on any atom is 0.130 e. The number of rotatable bonds is 8. The minimum Gasteiger partial charge on any atom is -0.313 e. The van der Waals surface area contributed by atoms with E-state index in [0.717, 1.165) is 18.9 Å². The second kappa shape index (κ2) is 8.26. The summed E-state index contributed by atoms with van der Waals surface area (Å²) in [5.74, 6) is -0.388. The fraction of sp³-hybridized carbons (Fsp3) is 0.625. The van der Waals surface area contributed by atoms with E-state index < -0.39 is 11.6 Å². The van der Waals surface area contributed by atoms with Gasteiger partial charge in [-0.15, -0.1) is 0 Å². The standard InChI is InChI=1S/C16H25F2N/c1-4-6-7-12(5-2)10-16(19-3)14-9-8-13(17)11-15(14)18/h8-9,11-12,16,19H,4-7,10H2,1-3H3. The quantitative estimate of drug-likeness (QED) is 0.712. The highest BCUT2D eigenvalue weighted by Gasteiger charge is 2.18. The number of benzene rings is 1. The molecule has 1 N–H and O–H groups in total. The Morgan fingerprint density at radius 2 is 1.95 bits per heavy atom. The summed E-state index contributed by atoms with van der Waals surface area (Å²) in [4.78, 5) is 0. The zero-order chi connectivity index (χ0) is 14.3. The van der Waals surface area contributed by atoms with Crippen molar-refractivity contribution < 1.29 is 8.78 Å². The molecule has 0 amide bonds. The van der Waals surface area contributed by atoms with Crippen LogP contribution in [0, 0.1) is 17.6 Å². The molecule has 0 aliphatic rings. The molecule has 108 valence electrons. The van der Waals surface area contributed by atoms with Gasteiger partial charge in [-0.1, -0.05) is 45.6 Å². The average Bonchev–Trinajstić information content (AvgIpc) is 2.40. The van der Waals surface area contributed by atoms with Crippen molar-refractivity contribution in [3.63, 3.8) is 0 Å². The van der Waals surface area contributed by atoms with Gasteiger partial charge in [0.05, 0.1) is 0 Å². The van der Waals surface area contributed by atoms with Gasteiger partial charge in [-0.3, -0.25) is 0 Å². The molecule has 0 radical (unpaired) electrons. The third kappa shape index (κ3) is 4.90. The number of unbranched alkanes of at least 4 members (excludes halogenated alkanes) is 1. The minimum absolute atomic E-state index is 0.0394. The fourth-order valence-corrected chi connectivity index (χ4v) is 2.50. The Morgan fingerprint density at radius 1 is 1.21 bits per heavy atom. The molecule has 0 saturated carbocycles. The Labute approximate surface area is 115 Å². The molecular formula is C16H25F2N. The Hall–Kier alpha value is -0.960. The highest BCUT2D eigenvalue weighted by atomic mass is 19.1. The lowest BCUT2D eigenvalue weighted by molar-refractivity contribution is 0.358. The molecule has 0 bridgehead atoms. The molecule has 0 heterocycles. The minimum atomic E-state index is -0.519. The highest BCUT2D eigenvalue weighted by Crippen LogP contribution is 2.28. The van der Waals surface area contributed by atoms with Crippen LogP contribution in [0.15, 0.2) is 18.2 Å². The summed E-state index contributed by atoms with van der Waals surface area (Å²) in [6.07, 6.45) is 5.57. The van der Waals surface area contributed by atoms with Crippen molar-refractivity contribution in [2.24, 2.45) is 5.92 Å². The SMILES string of the molecule is CCCCC(CC)CC(NC)c1ccc(F)cc1F. The second-order valence-corrected chi connectivity index (χ2v) is 5.16. The van der Waals surface area contributed by atoms with Crippen molar-refractivity contribution in [3.05, 3.63) is 35.4 Å².